The molecule has 2 heterocycles. The second-order valence-corrected chi connectivity index (χ2v) is 5.09. The van der Waals surface area contributed by atoms with Gasteiger partial charge in [0.25, 0.3) is 5.91 Å². The van der Waals surface area contributed by atoms with Crippen molar-refractivity contribution < 1.29 is 14.1 Å². The minimum Gasteiger partial charge on any atom is -0.374 e. The molecule has 18 heavy (non-hydrogen) atoms. The van der Waals surface area contributed by atoms with Gasteiger partial charge >= 0.3 is 0 Å². The van der Waals surface area contributed by atoms with Crippen LogP contribution >= 0.6 is 0 Å². The van der Waals surface area contributed by atoms with E-state index in [0.29, 0.717) is 18.9 Å². The number of aromatic nitrogens is 1. The topological polar surface area (TPSA) is 55.6 Å². The summed E-state index contributed by atoms with van der Waals surface area (Å²) in [5, 5.41) is 3.78. The van der Waals surface area contributed by atoms with E-state index in [4.69, 9.17) is 9.26 Å². The van der Waals surface area contributed by atoms with Crippen molar-refractivity contribution in [2.45, 2.75) is 44.8 Å². The minimum absolute atomic E-state index is 0.0456. The summed E-state index contributed by atoms with van der Waals surface area (Å²) in [6.45, 7) is 3.10. The van der Waals surface area contributed by atoms with Gasteiger partial charge in [-0.05, 0) is 19.8 Å². The van der Waals surface area contributed by atoms with Crippen LogP contribution in [0, 0.1) is 6.92 Å². The summed E-state index contributed by atoms with van der Waals surface area (Å²) in [7, 11) is 0. The zero-order valence-electron chi connectivity index (χ0n) is 10.6. The monoisotopic (exact) mass is 250 g/mol. The van der Waals surface area contributed by atoms with Crippen LogP contribution in [0.15, 0.2) is 10.6 Å². The molecule has 0 spiro atoms. The average molecular weight is 250 g/mol. The van der Waals surface area contributed by atoms with Crippen molar-refractivity contribution in [3.05, 3.63) is 17.5 Å². The van der Waals surface area contributed by atoms with Crippen LogP contribution in [0.4, 0.5) is 0 Å². The number of ether oxygens (including phenoxy) is 1. The lowest BCUT2D eigenvalue weighted by Crippen LogP contribution is -2.54. The van der Waals surface area contributed by atoms with Gasteiger partial charge in [-0.3, -0.25) is 4.79 Å². The third-order valence-electron chi connectivity index (χ3n) is 3.83. The fraction of sp³-hybridized carbons (Fsp3) is 0.692. The zero-order chi connectivity index (χ0) is 12.5. The van der Waals surface area contributed by atoms with Crippen LogP contribution in [0.25, 0.3) is 0 Å². The van der Waals surface area contributed by atoms with Gasteiger partial charge < -0.3 is 14.2 Å². The molecule has 3 rings (SSSR count). The van der Waals surface area contributed by atoms with Crippen molar-refractivity contribution in [1.29, 1.82) is 0 Å². The van der Waals surface area contributed by atoms with Gasteiger partial charge in [0.1, 0.15) is 0 Å². The molecule has 2 aliphatic rings. The molecule has 1 aliphatic heterocycles. The molecular weight excluding hydrogens is 232 g/mol. The van der Waals surface area contributed by atoms with Gasteiger partial charge in [0.2, 0.25) is 5.76 Å². The first-order chi connectivity index (χ1) is 8.75. The number of hydrogen-bond donors (Lipinski definition) is 0. The van der Waals surface area contributed by atoms with Gasteiger partial charge in [-0.2, -0.15) is 0 Å². The smallest absolute Gasteiger partial charge is 0.292 e. The Morgan fingerprint density at radius 1 is 1.44 bits per heavy atom. The maximum absolute atomic E-state index is 12.4. The van der Waals surface area contributed by atoms with Crippen LogP contribution < -0.4 is 0 Å². The Morgan fingerprint density at radius 2 is 2.28 bits per heavy atom. The summed E-state index contributed by atoms with van der Waals surface area (Å²) >= 11 is 0. The average Bonchev–Trinajstić information content (AvgIpc) is 2.84. The van der Waals surface area contributed by atoms with E-state index in [-0.39, 0.29) is 18.1 Å². The van der Waals surface area contributed by atoms with Crippen LogP contribution in [0.3, 0.4) is 0 Å². The van der Waals surface area contributed by atoms with Crippen LogP contribution in [0.2, 0.25) is 0 Å². The maximum atomic E-state index is 12.4. The Kier molecular flexibility index (Phi) is 3.07. The van der Waals surface area contributed by atoms with Gasteiger partial charge in [0.15, 0.2) is 0 Å². The number of morpholine rings is 1. The lowest BCUT2D eigenvalue weighted by atomic mass is 9.90. The minimum atomic E-state index is -0.0456. The number of carbonyl (C=O) groups excluding carboxylic acids is 1. The number of nitrogens with zero attached hydrogens (tertiary/aromatic N) is 2. The molecule has 5 heteroatoms. The van der Waals surface area contributed by atoms with Crippen LogP contribution in [-0.2, 0) is 4.74 Å². The van der Waals surface area contributed by atoms with Gasteiger partial charge in [0, 0.05) is 12.6 Å². The zero-order valence-corrected chi connectivity index (χ0v) is 10.6. The summed E-state index contributed by atoms with van der Waals surface area (Å²) in [4.78, 5) is 14.3. The van der Waals surface area contributed by atoms with E-state index < -0.39 is 0 Å². The number of carbonyl (C=O) groups is 1. The molecule has 1 aromatic rings. The highest BCUT2D eigenvalue weighted by Crippen LogP contribution is 2.29. The molecule has 1 saturated carbocycles. The molecule has 0 aromatic carbocycles. The standard InChI is InChI=1S/C13H18N2O3/c1-9-8-12(18-14-9)13(16)15-6-7-17-11-5-3-2-4-10(11)15/h8,10-11H,2-7H2,1H3/t10-,11+/m0/s1. The normalized spacial score (nSPS) is 27.9. The van der Waals surface area contributed by atoms with Gasteiger partial charge in [-0.1, -0.05) is 18.0 Å². The van der Waals surface area contributed by atoms with Crippen molar-refractivity contribution >= 4 is 5.91 Å². The predicted octanol–water partition coefficient (Wildman–Crippen LogP) is 1.77. The number of aryl methyl sites for hydroxylation is 1. The van der Waals surface area contributed by atoms with E-state index in [0.717, 1.165) is 18.5 Å². The number of amides is 1. The molecule has 1 aliphatic carbocycles. The first-order valence-corrected chi connectivity index (χ1v) is 6.61. The highest BCUT2D eigenvalue weighted by Gasteiger charge is 2.37. The fourth-order valence-corrected chi connectivity index (χ4v) is 2.95. The molecular formula is C13H18N2O3. The van der Waals surface area contributed by atoms with Crippen LogP contribution in [0.5, 0.6) is 0 Å². The molecule has 0 radical (unpaired) electrons. The lowest BCUT2D eigenvalue weighted by molar-refractivity contribution is -0.0760. The van der Waals surface area contributed by atoms with Crippen molar-refractivity contribution in [3.8, 4) is 0 Å². The van der Waals surface area contributed by atoms with Crippen molar-refractivity contribution in [2.75, 3.05) is 13.2 Å². The molecule has 0 N–H and O–H groups in total. The molecule has 5 nitrogen and oxygen atoms in total. The Labute approximate surface area is 106 Å². The SMILES string of the molecule is Cc1cc(C(=O)N2CCO[C@@H]3CCCC[C@@H]32)on1. The highest BCUT2D eigenvalue weighted by atomic mass is 16.5. The van der Waals surface area contributed by atoms with E-state index in [1.807, 2.05) is 11.8 Å². The lowest BCUT2D eigenvalue weighted by Gasteiger charge is -2.43. The molecule has 2 atom stereocenters. The van der Waals surface area contributed by atoms with Crippen molar-refractivity contribution in [3.63, 3.8) is 0 Å². The fourth-order valence-electron chi connectivity index (χ4n) is 2.95. The third-order valence-corrected chi connectivity index (χ3v) is 3.83. The van der Waals surface area contributed by atoms with Gasteiger partial charge in [0.05, 0.1) is 24.4 Å². The maximum Gasteiger partial charge on any atom is 0.292 e. The number of fused-ring (bicyclic) bond motifs is 1. The molecule has 98 valence electrons. The molecule has 0 unspecified atom stereocenters. The van der Waals surface area contributed by atoms with Gasteiger partial charge in [-0.25, -0.2) is 0 Å². The largest absolute Gasteiger partial charge is 0.374 e. The summed E-state index contributed by atoms with van der Waals surface area (Å²) in [5.74, 6) is 0.300. The summed E-state index contributed by atoms with van der Waals surface area (Å²) in [6.07, 6.45) is 4.67. The Balaban J connectivity index is 1.79. The number of hydrogen-bond acceptors (Lipinski definition) is 4. The quantitative estimate of drug-likeness (QED) is 0.762. The summed E-state index contributed by atoms with van der Waals surface area (Å²) in [5.41, 5.74) is 0.742. The summed E-state index contributed by atoms with van der Waals surface area (Å²) < 4.78 is 10.8. The molecule has 1 amide bonds. The van der Waals surface area contributed by atoms with E-state index >= 15 is 0 Å². The molecule has 0 bridgehead atoms. The van der Waals surface area contributed by atoms with Gasteiger partial charge in [-0.15, -0.1) is 0 Å². The number of rotatable bonds is 1. The Bertz CT molecular complexity index is 441. The predicted molar refractivity (Wildman–Crippen MR) is 64.3 cm³/mol. The highest BCUT2D eigenvalue weighted by molar-refractivity contribution is 5.91. The first-order valence-electron chi connectivity index (χ1n) is 6.61. The Hall–Kier alpha value is -1.36. The van der Waals surface area contributed by atoms with Crippen molar-refractivity contribution in [2.24, 2.45) is 0 Å². The van der Waals surface area contributed by atoms with Crippen molar-refractivity contribution in [1.82, 2.24) is 10.1 Å². The van der Waals surface area contributed by atoms with E-state index in [1.54, 1.807) is 6.07 Å². The van der Waals surface area contributed by atoms with E-state index in [1.165, 1.54) is 12.8 Å². The second kappa shape index (κ2) is 4.72. The van der Waals surface area contributed by atoms with E-state index in [9.17, 15) is 4.79 Å². The van der Waals surface area contributed by atoms with Crippen LogP contribution in [-0.4, -0.2) is 41.3 Å². The first kappa shape index (κ1) is 11.7. The van der Waals surface area contributed by atoms with E-state index in [2.05, 4.69) is 5.16 Å². The third kappa shape index (κ3) is 2.03. The second-order valence-electron chi connectivity index (χ2n) is 5.09. The molecule has 1 saturated heterocycles. The van der Waals surface area contributed by atoms with Crippen LogP contribution in [0.1, 0.15) is 41.9 Å². The Morgan fingerprint density at radius 3 is 3.06 bits per heavy atom. The molecule has 1 aromatic heterocycles. The molecule has 2 fully saturated rings. The summed E-state index contributed by atoms with van der Waals surface area (Å²) in [6, 6.07) is 1.92.